The minimum absolute atomic E-state index is 0.178. The normalized spacial score (nSPS) is 17.0. The van der Waals surface area contributed by atoms with Gasteiger partial charge in [0.1, 0.15) is 0 Å². The summed E-state index contributed by atoms with van der Waals surface area (Å²) in [4.78, 5) is 0. The first-order valence-electron chi connectivity index (χ1n) is 6.59. The van der Waals surface area contributed by atoms with Crippen LogP contribution < -0.4 is 5.32 Å². The molecular weight excluding hydrogens is 232 g/mol. The highest BCUT2D eigenvalue weighted by Gasteiger charge is 2.41. The fourth-order valence-electron chi connectivity index (χ4n) is 2.15. The summed E-state index contributed by atoms with van der Waals surface area (Å²) in [5.41, 5.74) is 1.26. The van der Waals surface area contributed by atoms with Crippen molar-refractivity contribution >= 4 is 0 Å². The summed E-state index contributed by atoms with van der Waals surface area (Å²) < 4.78 is 1.76. The molecule has 0 aliphatic heterocycles. The molecule has 0 spiro atoms. The van der Waals surface area contributed by atoms with Gasteiger partial charge < -0.3 is 15.5 Å². The Hall–Kier alpha value is -0.980. The Morgan fingerprint density at radius 1 is 1.33 bits per heavy atom. The predicted molar refractivity (Wildman–Crippen MR) is 66.8 cm³/mol. The van der Waals surface area contributed by atoms with E-state index >= 15 is 0 Å². The first kappa shape index (κ1) is 13.5. The summed E-state index contributed by atoms with van der Waals surface area (Å²) in [7, 11) is 0. The van der Waals surface area contributed by atoms with Crippen molar-refractivity contribution in [2.75, 3.05) is 19.8 Å². The third-order valence-corrected chi connectivity index (χ3v) is 3.54. The number of nitrogens with one attached hydrogen (secondary N) is 1. The molecule has 6 heteroatoms. The van der Waals surface area contributed by atoms with Crippen LogP contribution in [-0.2, 0) is 13.1 Å². The molecule has 0 bridgehead atoms. The van der Waals surface area contributed by atoms with Gasteiger partial charge in [-0.2, -0.15) is 0 Å². The van der Waals surface area contributed by atoms with Crippen LogP contribution in [0.25, 0.3) is 0 Å². The second-order valence-corrected chi connectivity index (χ2v) is 5.13. The van der Waals surface area contributed by atoms with Gasteiger partial charge >= 0.3 is 0 Å². The zero-order valence-corrected chi connectivity index (χ0v) is 10.7. The van der Waals surface area contributed by atoms with Gasteiger partial charge in [0.15, 0.2) is 0 Å². The lowest BCUT2D eigenvalue weighted by Gasteiger charge is -2.13. The van der Waals surface area contributed by atoms with Gasteiger partial charge in [0.05, 0.1) is 5.69 Å². The molecule has 1 aliphatic carbocycles. The van der Waals surface area contributed by atoms with Gasteiger partial charge in [-0.1, -0.05) is 5.21 Å². The molecule has 1 aliphatic rings. The number of hydrogen-bond acceptors (Lipinski definition) is 5. The second kappa shape index (κ2) is 6.26. The van der Waals surface area contributed by atoms with E-state index in [-0.39, 0.29) is 13.2 Å². The van der Waals surface area contributed by atoms with Crippen molar-refractivity contribution in [1.82, 2.24) is 20.3 Å². The summed E-state index contributed by atoms with van der Waals surface area (Å²) >= 11 is 0. The first-order chi connectivity index (χ1) is 8.78. The Morgan fingerprint density at radius 2 is 2.17 bits per heavy atom. The number of aliphatic hydroxyl groups excluding tert-OH is 2. The van der Waals surface area contributed by atoms with E-state index in [2.05, 4.69) is 15.6 Å². The molecule has 0 unspecified atom stereocenters. The Kier molecular flexibility index (Phi) is 4.68. The monoisotopic (exact) mass is 254 g/mol. The number of nitrogens with zero attached hydrogens (tertiary/aromatic N) is 3. The van der Waals surface area contributed by atoms with E-state index < -0.39 is 0 Å². The maximum Gasteiger partial charge on any atom is 0.0964 e. The summed E-state index contributed by atoms with van der Waals surface area (Å²) in [6.07, 6.45) is 5.93. The molecule has 2 rings (SSSR count). The third-order valence-electron chi connectivity index (χ3n) is 3.54. The van der Waals surface area contributed by atoms with Gasteiger partial charge in [0, 0.05) is 39.0 Å². The number of aromatic nitrogens is 3. The molecule has 1 aromatic heterocycles. The number of rotatable bonds is 9. The van der Waals surface area contributed by atoms with E-state index in [1.54, 1.807) is 4.68 Å². The van der Waals surface area contributed by atoms with Crippen LogP contribution >= 0.6 is 0 Å². The van der Waals surface area contributed by atoms with E-state index in [0.29, 0.717) is 24.9 Å². The van der Waals surface area contributed by atoms with Crippen LogP contribution in [0.4, 0.5) is 0 Å². The number of aliphatic hydroxyl groups is 2. The topological polar surface area (TPSA) is 83.2 Å². The van der Waals surface area contributed by atoms with Crippen LogP contribution in [0, 0.1) is 5.41 Å². The molecule has 0 radical (unpaired) electrons. The van der Waals surface area contributed by atoms with Crippen molar-refractivity contribution in [3.63, 3.8) is 0 Å². The SMILES string of the molecule is OCCCn1cc(CNCC2(CCO)CC2)nn1. The largest absolute Gasteiger partial charge is 0.396 e. The molecule has 1 saturated carbocycles. The van der Waals surface area contributed by atoms with Crippen LogP contribution in [0.15, 0.2) is 6.20 Å². The van der Waals surface area contributed by atoms with Crippen molar-refractivity contribution in [3.8, 4) is 0 Å². The average molecular weight is 254 g/mol. The fourth-order valence-corrected chi connectivity index (χ4v) is 2.15. The maximum absolute atomic E-state index is 8.97. The van der Waals surface area contributed by atoms with Crippen molar-refractivity contribution in [2.45, 2.75) is 38.8 Å². The molecule has 1 heterocycles. The van der Waals surface area contributed by atoms with Gasteiger partial charge in [-0.3, -0.25) is 4.68 Å². The molecule has 0 saturated heterocycles. The molecule has 3 N–H and O–H groups in total. The van der Waals surface area contributed by atoms with Crippen molar-refractivity contribution in [3.05, 3.63) is 11.9 Å². The van der Waals surface area contributed by atoms with Gasteiger partial charge in [-0.15, -0.1) is 5.10 Å². The van der Waals surface area contributed by atoms with E-state index in [4.69, 9.17) is 10.2 Å². The highest BCUT2D eigenvalue weighted by molar-refractivity contribution is 4.97. The standard InChI is InChI=1S/C12H22N4O2/c17-6-1-5-16-9-11(14-15-16)8-13-10-12(2-3-12)4-7-18/h9,13,17-18H,1-8,10H2. The van der Waals surface area contributed by atoms with Crippen molar-refractivity contribution < 1.29 is 10.2 Å². The van der Waals surface area contributed by atoms with Crippen LogP contribution in [-0.4, -0.2) is 45.0 Å². The van der Waals surface area contributed by atoms with Crippen LogP contribution in [0.2, 0.25) is 0 Å². The van der Waals surface area contributed by atoms with E-state index in [9.17, 15) is 0 Å². The van der Waals surface area contributed by atoms with Crippen molar-refractivity contribution in [1.29, 1.82) is 0 Å². The summed E-state index contributed by atoms with van der Waals surface area (Å²) in [5.74, 6) is 0. The van der Waals surface area contributed by atoms with Gasteiger partial charge in [0.2, 0.25) is 0 Å². The van der Waals surface area contributed by atoms with E-state index in [1.165, 1.54) is 12.8 Å². The molecule has 0 amide bonds. The van der Waals surface area contributed by atoms with Crippen molar-refractivity contribution in [2.24, 2.45) is 5.41 Å². The first-order valence-corrected chi connectivity index (χ1v) is 6.59. The lowest BCUT2D eigenvalue weighted by atomic mass is 10.0. The number of aryl methyl sites for hydroxylation is 1. The average Bonchev–Trinajstić information content (AvgIpc) is 2.98. The third kappa shape index (κ3) is 3.76. The molecule has 0 atom stereocenters. The molecule has 102 valence electrons. The molecule has 0 aromatic carbocycles. The van der Waals surface area contributed by atoms with Crippen LogP contribution in [0.5, 0.6) is 0 Å². The highest BCUT2D eigenvalue weighted by atomic mass is 16.3. The maximum atomic E-state index is 8.97. The van der Waals surface area contributed by atoms with Gasteiger partial charge in [-0.05, 0) is 31.1 Å². The predicted octanol–water partition coefficient (Wildman–Crippen LogP) is -0.0873. The Bertz CT molecular complexity index is 363. The van der Waals surface area contributed by atoms with Gasteiger partial charge in [0.25, 0.3) is 0 Å². The quantitative estimate of drug-likeness (QED) is 0.574. The van der Waals surface area contributed by atoms with Crippen LogP contribution in [0.1, 0.15) is 31.4 Å². The Labute approximate surface area is 107 Å². The smallest absolute Gasteiger partial charge is 0.0964 e. The summed E-state index contributed by atoms with van der Waals surface area (Å²) in [6.45, 7) is 2.82. The van der Waals surface area contributed by atoms with Gasteiger partial charge in [-0.25, -0.2) is 0 Å². The zero-order valence-electron chi connectivity index (χ0n) is 10.7. The lowest BCUT2D eigenvalue weighted by molar-refractivity contribution is 0.245. The molecule has 18 heavy (non-hydrogen) atoms. The zero-order chi connectivity index (χ0) is 12.8. The molecule has 1 aromatic rings. The minimum Gasteiger partial charge on any atom is -0.396 e. The highest BCUT2D eigenvalue weighted by Crippen LogP contribution is 2.47. The Morgan fingerprint density at radius 3 is 2.83 bits per heavy atom. The summed E-state index contributed by atoms with van der Waals surface area (Å²) in [6, 6.07) is 0. The van der Waals surface area contributed by atoms with Crippen LogP contribution in [0.3, 0.4) is 0 Å². The second-order valence-electron chi connectivity index (χ2n) is 5.13. The fraction of sp³-hybridized carbons (Fsp3) is 0.833. The molecule has 1 fully saturated rings. The Balaban J connectivity index is 1.68. The minimum atomic E-state index is 0.178. The lowest BCUT2D eigenvalue weighted by Crippen LogP contribution is -2.24. The van der Waals surface area contributed by atoms with E-state index in [1.807, 2.05) is 6.20 Å². The molecule has 6 nitrogen and oxygen atoms in total. The summed E-state index contributed by atoms with van der Waals surface area (Å²) in [5, 5.41) is 29.2. The van der Waals surface area contributed by atoms with E-state index in [0.717, 1.165) is 18.7 Å². The molecular formula is C12H22N4O2. The number of hydrogen-bond donors (Lipinski definition) is 3.